The van der Waals surface area contributed by atoms with Gasteiger partial charge in [0.15, 0.2) is 21.3 Å². The number of benzene rings is 1. The highest BCUT2D eigenvalue weighted by Crippen LogP contribution is 2.28. The molecule has 0 saturated heterocycles. The van der Waals surface area contributed by atoms with Crippen LogP contribution in [-0.2, 0) is 9.84 Å². The molecular weight excluding hydrogens is 280 g/mol. The summed E-state index contributed by atoms with van der Waals surface area (Å²) in [7, 11) is -3.06. The number of hydrogen-bond acceptors (Lipinski definition) is 5. The van der Waals surface area contributed by atoms with E-state index in [2.05, 4.69) is 0 Å². The Labute approximate surface area is 119 Å². The van der Waals surface area contributed by atoms with E-state index in [1.165, 1.54) is 0 Å². The molecule has 0 fully saturated rings. The normalized spacial score (nSPS) is 11.1. The predicted octanol–water partition coefficient (Wildman–Crippen LogP) is 2.10. The van der Waals surface area contributed by atoms with Gasteiger partial charge in [-0.15, -0.1) is 0 Å². The molecule has 0 aliphatic rings. The standard InChI is InChI=1S/C14H20O5S/c1-3-8-20(16,17)9-7-19-13-6-5-12(11-15)10-14(13)18-4-2/h5-6,10-11H,3-4,7-9H2,1-2H3. The largest absolute Gasteiger partial charge is 0.490 e. The third-order valence-electron chi connectivity index (χ3n) is 2.57. The second-order valence-corrected chi connectivity index (χ2v) is 6.56. The van der Waals surface area contributed by atoms with Crippen molar-refractivity contribution in [3.05, 3.63) is 23.8 Å². The summed E-state index contributed by atoms with van der Waals surface area (Å²) in [6.07, 6.45) is 1.32. The van der Waals surface area contributed by atoms with Crippen LogP contribution in [0.3, 0.4) is 0 Å². The van der Waals surface area contributed by atoms with Crippen LogP contribution in [-0.4, -0.2) is 39.4 Å². The molecule has 1 rings (SSSR count). The van der Waals surface area contributed by atoms with Crippen molar-refractivity contribution in [3.63, 3.8) is 0 Å². The van der Waals surface area contributed by atoms with Gasteiger partial charge in [-0.2, -0.15) is 0 Å². The zero-order chi connectivity index (χ0) is 15.0. The molecule has 112 valence electrons. The summed E-state index contributed by atoms with van der Waals surface area (Å²) >= 11 is 0. The number of sulfone groups is 1. The van der Waals surface area contributed by atoms with E-state index in [1.54, 1.807) is 18.2 Å². The van der Waals surface area contributed by atoms with E-state index in [4.69, 9.17) is 9.47 Å². The van der Waals surface area contributed by atoms with E-state index >= 15 is 0 Å². The number of rotatable bonds is 9. The van der Waals surface area contributed by atoms with E-state index in [-0.39, 0.29) is 18.1 Å². The van der Waals surface area contributed by atoms with E-state index < -0.39 is 9.84 Å². The fraction of sp³-hybridized carbons (Fsp3) is 0.500. The molecule has 0 saturated carbocycles. The van der Waals surface area contributed by atoms with Gasteiger partial charge in [0.05, 0.1) is 18.1 Å². The van der Waals surface area contributed by atoms with Crippen molar-refractivity contribution in [2.24, 2.45) is 0 Å². The van der Waals surface area contributed by atoms with Crippen LogP contribution in [0.1, 0.15) is 30.6 Å². The first-order valence-corrected chi connectivity index (χ1v) is 8.39. The lowest BCUT2D eigenvalue weighted by Crippen LogP contribution is -2.17. The highest BCUT2D eigenvalue weighted by atomic mass is 32.2. The molecule has 0 spiro atoms. The maximum atomic E-state index is 11.6. The van der Waals surface area contributed by atoms with Crippen molar-refractivity contribution in [1.29, 1.82) is 0 Å². The van der Waals surface area contributed by atoms with Gasteiger partial charge in [-0.1, -0.05) is 6.92 Å². The van der Waals surface area contributed by atoms with E-state index in [0.717, 1.165) is 6.29 Å². The van der Waals surface area contributed by atoms with Gasteiger partial charge in [-0.05, 0) is 31.5 Å². The monoisotopic (exact) mass is 300 g/mol. The number of ether oxygens (including phenoxy) is 2. The van der Waals surface area contributed by atoms with Crippen molar-refractivity contribution in [3.8, 4) is 11.5 Å². The van der Waals surface area contributed by atoms with E-state index in [1.807, 2.05) is 13.8 Å². The number of hydrogen-bond donors (Lipinski definition) is 0. The minimum Gasteiger partial charge on any atom is -0.490 e. The second kappa shape index (κ2) is 7.89. The summed E-state index contributed by atoms with van der Waals surface area (Å²) in [6, 6.07) is 4.79. The first-order valence-electron chi connectivity index (χ1n) is 6.57. The van der Waals surface area contributed by atoms with Crippen molar-refractivity contribution in [2.75, 3.05) is 24.7 Å². The number of carbonyl (C=O) groups excluding carboxylic acids is 1. The summed E-state index contributed by atoms with van der Waals surface area (Å²) in [5, 5.41) is 0. The van der Waals surface area contributed by atoms with Gasteiger partial charge in [0, 0.05) is 5.56 Å². The van der Waals surface area contributed by atoms with Crippen LogP contribution in [0.2, 0.25) is 0 Å². The summed E-state index contributed by atoms with van der Waals surface area (Å²) in [5.74, 6) is 1.04. The number of carbonyl (C=O) groups is 1. The smallest absolute Gasteiger partial charge is 0.161 e. The summed E-state index contributed by atoms with van der Waals surface area (Å²) < 4.78 is 34.0. The maximum absolute atomic E-state index is 11.6. The Balaban J connectivity index is 2.70. The van der Waals surface area contributed by atoms with Crippen LogP contribution >= 0.6 is 0 Å². The summed E-state index contributed by atoms with van der Waals surface area (Å²) in [4.78, 5) is 10.7. The Bertz CT molecular complexity index is 536. The van der Waals surface area contributed by atoms with Gasteiger partial charge in [0.1, 0.15) is 12.9 Å². The molecule has 5 nitrogen and oxygen atoms in total. The minimum absolute atomic E-state index is 0.0260. The van der Waals surface area contributed by atoms with Gasteiger partial charge in [0.25, 0.3) is 0 Å². The second-order valence-electron chi connectivity index (χ2n) is 4.26. The third-order valence-corrected chi connectivity index (χ3v) is 4.39. The molecule has 0 amide bonds. The van der Waals surface area contributed by atoms with Gasteiger partial charge in [-0.3, -0.25) is 4.79 Å². The average molecular weight is 300 g/mol. The van der Waals surface area contributed by atoms with Crippen LogP contribution in [0, 0.1) is 0 Å². The summed E-state index contributed by atoms with van der Waals surface area (Å²) in [6.45, 7) is 4.16. The third kappa shape index (κ3) is 5.21. The van der Waals surface area contributed by atoms with Crippen molar-refractivity contribution < 1.29 is 22.7 Å². The average Bonchev–Trinajstić information content (AvgIpc) is 2.40. The van der Waals surface area contributed by atoms with Crippen LogP contribution in [0.25, 0.3) is 0 Å². The lowest BCUT2D eigenvalue weighted by atomic mass is 10.2. The number of aldehydes is 1. The van der Waals surface area contributed by atoms with E-state index in [9.17, 15) is 13.2 Å². The SMILES string of the molecule is CCCS(=O)(=O)CCOc1ccc(C=O)cc1OCC. The van der Waals surface area contributed by atoms with Gasteiger partial charge in [-0.25, -0.2) is 8.42 Å². The fourth-order valence-electron chi connectivity index (χ4n) is 1.68. The topological polar surface area (TPSA) is 69.7 Å². The van der Waals surface area contributed by atoms with Crippen molar-refractivity contribution in [1.82, 2.24) is 0 Å². The lowest BCUT2D eigenvalue weighted by Gasteiger charge is -2.12. The highest BCUT2D eigenvalue weighted by Gasteiger charge is 2.11. The lowest BCUT2D eigenvalue weighted by molar-refractivity contribution is 0.112. The molecule has 0 aliphatic heterocycles. The Hall–Kier alpha value is -1.56. The van der Waals surface area contributed by atoms with Crippen LogP contribution in [0.4, 0.5) is 0 Å². The minimum atomic E-state index is -3.06. The van der Waals surface area contributed by atoms with Crippen molar-refractivity contribution >= 4 is 16.1 Å². The Morgan fingerprint density at radius 3 is 2.45 bits per heavy atom. The molecular formula is C14H20O5S. The van der Waals surface area contributed by atoms with E-state index in [0.29, 0.717) is 30.1 Å². The predicted molar refractivity (Wildman–Crippen MR) is 77.4 cm³/mol. The summed E-state index contributed by atoms with van der Waals surface area (Å²) in [5.41, 5.74) is 0.486. The van der Waals surface area contributed by atoms with Gasteiger partial charge < -0.3 is 9.47 Å². The van der Waals surface area contributed by atoms with Crippen LogP contribution < -0.4 is 9.47 Å². The molecule has 0 N–H and O–H groups in total. The molecule has 0 unspecified atom stereocenters. The first-order chi connectivity index (χ1) is 9.52. The molecule has 20 heavy (non-hydrogen) atoms. The molecule has 1 aromatic carbocycles. The molecule has 6 heteroatoms. The van der Waals surface area contributed by atoms with Gasteiger partial charge in [0.2, 0.25) is 0 Å². The zero-order valence-electron chi connectivity index (χ0n) is 11.8. The molecule has 1 aromatic rings. The zero-order valence-corrected chi connectivity index (χ0v) is 12.6. The highest BCUT2D eigenvalue weighted by molar-refractivity contribution is 7.91. The quantitative estimate of drug-likeness (QED) is 0.653. The Morgan fingerprint density at radius 2 is 1.85 bits per heavy atom. The van der Waals surface area contributed by atoms with Gasteiger partial charge >= 0.3 is 0 Å². The molecule has 0 radical (unpaired) electrons. The van der Waals surface area contributed by atoms with Crippen molar-refractivity contribution in [2.45, 2.75) is 20.3 Å². The van der Waals surface area contributed by atoms with Crippen LogP contribution in [0.15, 0.2) is 18.2 Å². The molecule has 0 atom stereocenters. The maximum Gasteiger partial charge on any atom is 0.161 e. The molecule has 0 aliphatic carbocycles. The molecule has 0 bridgehead atoms. The Kier molecular flexibility index (Phi) is 6.51. The Morgan fingerprint density at radius 1 is 1.10 bits per heavy atom. The fourth-order valence-corrected chi connectivity index (χ4v) is 2.84. The molecule has 0 heterocycles. The molecule has 0 aromatic heterocycles. The van der Waals surface area contributed by atoms with Crippen LogP contribution in [0.5, 0.6) is 11.5 Å². The first kappa shape index (κ1) is 16.5.